The summed E-state index contributed by atoms with van der Waals surface area (Å²) < 4.78 is 67.3. The quantitative estimate of drug-likeness (QED) is 0.399. The predicted octanol–water partition coefficient (Wildman–Crippen LogP) is 4.95. The normalized spacial score (nSPS) is 20.7. The average molecular weight is 561 g/mol. The average Bonchev–Trinajstić information content (AvgIpc) is 3.29. The number of rotatable bonds is 8. The minimum atomic E-state index is -4.22. The number of aliphatic hydroxyl groups is 1. The van der Waals surface area contributed by atoms with E-state index in [2.05, 4.69) is 10.6 Å². The number of hydrogen-bond donors (Lipinski definition) is 3. The van der Waals surface area contributed by atoms with Gasteiger partial charge in [-0.2, -0.15) is 13.2 Å². The Labute approximate surface area is 222 Å². The Morgan fingerprint density at radius 3 is 2.45 bits per heavy atom. The Kier molecular flexibility index (Phi) is 9.12. The van der Waals surface area contributed by atoms with E-state index in [4.69, 9.17) is 11.6 Å². The van der Waals surface area contributed by atoms with Gasteiger partial charge in [-0.1, -0.05) is 17.7 Å². The molecule has 2 aromatic carbocycles. The first-order valence-electron chi connectivity index (χ1n) is 12.5. The van der Waals surface area contributed by atoms with Crippen LogP contribution in [0.4, 0.5) is 33.3 Å². The highest BCUT2D eigenvalue weighted by atomic mass is 35.5. The monoisotopic (exact) mass is 560 g/mol. The van der Waals surface area contributed by atoms with Gasteiger partial charge in [-0.3, -0.25) is 9.69 Å². The molecule has 2 atom stereocenters. The van der Waals surface area contributed by atoms with Crippen molar-refractivity contribution in [2.24, 2.45) is 0 Å². The fraction of sp³-hybridized carbons (Fsp3) is 0.500. The van der Waals surface area contributed by atoms with Crippen LogP contribution in [0.5, 0.6) is 0 Å². The van der Waals surface area contributed by atoms with Crippen molar-refractivity contribution in [3.63, 3.8) is 0 Å². The molecule has 0 radical (unpaired) electrons. The van der Waals surface area contributed by atoms with Crippen LogP contribution in [0.15, 0.2) is 30.3 Å². The Bertz CT molecular complexity index is 1140. The summed E-state index contributed by atoms with van der Waals surface area (Å²) in [5.74, 6) is -3.26. The molecule has 0 unspecified atom stereocenters. The molecule has 1 saturated carbocycles. The van der Waals surface area contributed by atoms with Crippen molar-refractivity contribution in [2.45, 2.75) is 50.6 Å². The van der Waals surface area contributed by atoms with Gasteiger partial charge in [0.1, 0.15) is 0 Å². The van der Waals surface area contributed by atoms with E-state index in [1.54, 1.807) is 23.1 Å². The van der Waals surface area contributed by atoms with Crippen LogP contribution in [0.1, 0.15) is 41.6 Å². The van der Waals surface area contributed by atoms with Crippen LogP contribution in [-0.2, 0) is 6.54 Å². The van der Waals surface area contributed by atoms with Gasteiger partial charge in [-0.25, -0.2) is 8.78 Å². The third-order valence-electron chi connectivity index (χ3n) is 7.07. The first-order chi connectivity index (χ1) is 18.0. The van der Waals surface area contributed by atoms with Crippen LogP contribution in [0.3, 0.4) is 0 Å². The van der Waals surface area contributed by atoms with E-state index in [0.717, 1.165) is 12.8 Å². The molecule has 2 fully saturated rings. The Hall–Kier alpha value is -2.47. The molecule has 6 nitrogen and oxygen atoms in total. The Morgan fingerprint density at radius 1 is 1.05 bits per heavy atom. The molecule has 2 aromatic rings. The summed E-state index contributed by atoms with van der Waals surface area (Å²) in [5, 5.41) is 16.0. The molecule has 12 heteroatoms. The van der Waals surface area contributed by atoms with Crippen LogP contribution in [0, 0.1) is 11.6 Å². The van der Waals surface area contributed by atoms with E-state index in [1.165, 1.54) is 12.1 Å². The third kappa shape index (κ3) is 7.13. The van der Waals surface area contributed by atoms with Gasteiger partial charge in [0, 0.05) is 55.9 Å². The van der Waals surface area contributed by atoms with Gasteiger partial charge in [0.05, 0.1) is 29.5 Å². The topological polar surface area (TPSA) is 67.8 Å². The van der Waals surface area contributed by atoms with Gasteiger partial charge in [0.25, 0.3) is 5.91 Å². The maximum Gasteiger partial charge on any atom is 0.390 e. The Morgan fingerprint density at radius 2 is 1.79 bits per heavy atom. The highest BCUT2D eigenvalue weighted by Crippen LogP contribution is 2.31. The number of carbonyl (C=O) groups is 1. The molecule has 4 rings (SSSR count). The van der Waals surface area contributed by atoms with Crippen molar-refractivity contribution in [1.82, 2.24) is 10.2 Å². The van der Waals surface area contributed by atoms with E-state index in [9.17, 15) is 31.9 Å². The molecule has 1 saturated heterocycles. The number of amides is 1. The SMILES string of the molecule is O=C(Nc1ccc(Cl)cc1N1CCN(CCC(F)(F)F)CC1)c1ccc(CN[C@@H]2CCC[C@@H]2O)c(F)c1F. The Balaban J connectivity index is 1.42. The first kappa shape index (κ1) is 28.5. The van der Waals surface area contributed by atoms with Crippen LogP contribution in [-0.4, -0.2) is 67.0 Å². The minimum absolute atomic E-state index is 0.0165. The van der Waals surface area contributed by atoms with Gasteiger partial charge >= 0.3 is 6.18 Å². The molecular formula is C26H30ClF5N4O2. The molecule has 0 bridgehead atoms. The van der Waals surface area contributed by atoms with Gasteiger partial charge in [-0.05, 0) is 43.5 Å². The second kappa shape index (κ2) is 12.1. The largest absolute Gasteiger partial charge is 0.392 e. The molecule has 0 aromatic heterocycles. The molecule has 3 N–H and O–H groups in total. The van der Waals surface area contributed by atoms with Gasteiger partial charge < -0.3 is 20.6 Å². The molecular weight excluding hydrogens is 531 g/mol. The number of halogens is 6. The summed E-state index contributed by atoms with van der Waals surface area (Å²) in [6.45, 7) is 1.52. The third-order valence-corrected chi connectivity index (χ3v) is 7.31. The van der Waals surface area contributed by atoms with Crippen LogP contribution in [0.25, 0.3) is 0 Å². The first-order valence-corrected chi connectivity index (χ1v) is 12.9. The highest BCUT2D eigenvalue weighted by Gasteiger charge is 2.29. The zero-order chi connectivity index (χ0) is 27.4. The molecule has 2 aliphatic rings. The lowest BCUT2D eigenvalue weighted by molar-refractivity contribution is -0.138. The van der Waals surface area contributed by atoms with E-state index in [1.807, 2.05) is 4.90 Å². The summed E-state index contributed by atoms with van der Waals surface area (Å²) in [4.78, 5) is 16.5. The summed E-state index contributed by atoms with van der Waals surface area (Å²) >= 11 is 6.16. The van der Waals surface area contributed by atoms with Crippen molar-refractivity contribution in [3.05, 3.63) is 58.1 Å². The number of hydrogen-bond acceptors (Lipinski definition) is 5. The van der Waals surface area contributed by atoms with Gasteiger partial charge in [0.15, 0.2) is 11.6 Å². The van der Waals surface area contributed by atoms with E-state index in [-0.39, 0.29) is 24.7 Å². The molecule has 0 spiro atoms. The van der Waals surface area contributed by atoms with E-state index < -0.39 is 41.8 Å². The number of anilines is 2. The molecule has 38 heavy (non-hydrogen) atoms. The zero-order valence-electron chi connectivity index (χ0n) is 20.6. The van der Waals surface area contributed by atoms with Gasteiger partial charge in [-0.15, -0.1) is 0 Å². The number of nitrogens with zero attached hydrogens (tertiary/aromatic N) is 2. The number of aliphatic hydroxyl groups excluding tert-OH is 1. The van der Waals surface area contributed by atoms with Crippen molar-refractivity contribution < 1.29 is 31.9 Å². The second-order valence-corrected chi connectivity index (χ2v) is 10.1. The summed E-state index contributed by atoms with van der Waals surface area (Å²) in [5.41, 5.74) is 0.445. The van der Waals surface area contributed by atoms with Crippen molar-refractivity contribution in [1.29, 1.82) is 0 Å². The van der Waals surface area contributed by atoms with Crippen LogP contribution >= 0.6 is 11.6 Å². The number of benzene rings is 2. The maximum absolute atomic E-state index is 14.9. The number of carbonyl (C=O) groups excluding carboxylic acids is 1. The van der Waals surface area contributed by atoms with Crippen molar-refractivity contribution >= 4 is 28.9 Å². The molecule has 1 aliphatic carbocycles. The highest BCUT2D eigenvalue weighted by molar-refractivity contribution is 6.31. The fourth-order valence-electron chi connectivity index (χ4n) is 4.88. The van der Waals surface area contributed by atoms with Crippen molar-refractivity contribution in [3.8, 4) is 0 Å². The van der Waals surface area contributed by atoms with Crippen molar-refractivity contribution in [2.75, 3.05) is 42.9 Å². The summed E-state index contributed by atoms with van der Waals surface area (Å²) in [6.07, 6.45) is -3.36. The zero-order valence-corrected chi connectivity index (χ0v) is 21.4. The second-order valence-electron chi connectivity index (χ2n) is 9.70. The maximum atomic E-state index is 14.9. The lowest BCUT2D eigenvalue weighted by atomic mass is 10.1. The number of nitrogens with one attached hydrogen (secondary N) is 2. The summed E-state index contributed by atoms with van der Waals surface area (Å²) in [6, 6.07) is 7.07. The lowest BCUT2D eigenvalue weighted by Gasteiger charge is -2.37. The standard InChI is InChI=1S/C26H30ClF5N4O2/c27-17-5-7-19(21(14-17)36-12-10-35(11-13-36)9-8-26(30,31)32)34-25(38)18-6-4-16(23(28)24(18)29)15-33-20-2-1-3-22(20)37/h4-7,14,20,22,33,37H,1-3,8-13,15H2,(H,34,38)/t20-,22+/m1/s1. The van der Waals surface area contributed by atoms with Crippen LogP contribution in [0.2, 0.25) is 5.02 Å². The van der Waals surface area contributed by atoms with Crippen LogP contribution < -0.4 is 15.5 Å². The smallest absolute Gasteiger partial charge is 0.390 e. The number of alkyl halides is 3. The molecule has 1 aliphatic heterocycles. The predicted molar refractivity (Wildman–Crippen MR) is 136 cm³/mol. The molecule has 208 valence electrons. The summed E-state index contributed by atoms with van der Waals surface area (Å²) in [7, 11) is 0. The number of piperazine rings is 1. The lowest BCUT2D eigenvalue weighted by Crippen LogP contribution is -2.47. The molecule has 1 heterocycles. The molecule has 1 amide bonds. The van der Waals surface area contributed by atoms with E-state index in [0.29, 0.717) is 49.0 Å². The van der Waals surface area contributed by atoms with Gasteiger partial charge in [0.2, 0.25) is 0 Å². The fourth-order valence-corrected chi connectivity index (χ4v) is 5.05. The van der Waals surface area contributed by atoms with E-state index >= 15 is 0 Å². The minimum Gasteiger partial charge on any atom is -0.392 e.